The van der Waals surface area contributed by atoms with Gasteiger partial charge in [-0.1, -0.05) is 31.7 Å². The third-order valence-corrected chi connectivity index (χ3v) is 9.02. The summed E-state index contributed by atoms with van der Waals surface area (Å²) in [6.45, 7) is 9.58. The summed E-state index contributed by atoms with van der Waals surface area (Å²) in [6, 6.07) is 9.49. The van der Waals surface area contributed by atoms with Gasteiger partial charge in [0.2, 0.25) is 0 Å². The molecule has 3 aliphatic rings. The maximum atomic E-state index is 15.3. The Labute approximate surface area is 220 Å². The minimum Gasteiger partial charge on any atom is -0.378 e. The van der Waals surface area contributed by atoms with Crippen LogP contribution in [-0.2, 0) is 10.3 Å². The normalized spacial score (nSPS) is 30.0. The van der Waals surface area contributed by atoms with Gasteiger partial charge in [-0.05, 0) is 55.2 Å². The van der Waals surface area contributed by atoms with Crippen molar-refractivity contribution < 1.29 is 13.5 Å². The van der Waals surface area contributed by atoms with Gasteiger partial charge in [-0.15, -0.1) is 0 Å². The molecule has 0 unspecified atom stereocenters. The molecule has 1 aromatic heterocycles. The summed E-state index contributed by atoms with van der Waals surface area (Å²) >= 11 is 1.60. The number of hydrogen-bond donors (Lipinski definition) is 1. The Bertz CT molecular complexity index is 1290. The Morgan fingerprint density at radius 2 is 2.19 bits per heavy atom. The maximum Gasteiger partial charge on any atom is 0.155 e. The third kappa shape index (κ3) is 5.02. The van der Waals surface area contributed by atoms with Crippen LogP contribution in [0.2, 0.25) is 0 Å². The summed E-state index contributed by atoms with van der Waals surface area (Å²) < 4.78 is 36.0. The Balaban J connectivity index is 1.41. The molecule has 0 amide bonds. The number of ether oxygens (including phenoxy) is 1. The fourth-order valence-corrected chi connectivity index (χ4v) is 7.12. The van der Waals surface area contributed by atoms with Gasteiger partial charge in [-0.25, -0.2) is 8.78 Å². The van der Waals surface area contributed by atoms with E-state index < -0.39 is 11.4 Å². The highest BCUT2D eigenvalue weighted by atomic mass is 32.2. The lowest BCUT2D eigenvalue weighted by atomic mass is 9.84. The van der Waals surface area contributed by atoms with Crippen LogP contribution in [0.3, 0.4) is 0 Å². The quantitative estimate of drug-likeness (QED) is 0.576. The van der Waals surface area contributed by atoms with Crippen molar-refractivity contribution in [2.45, 2.75) is 43.6 Å². The second-order valence-corrected chi connectivity index (χ2v) is 12.1. The van der Waals surface area contributed by atoms with E-state index in [1.807, 2.05) is 13.0 Å². The number of nitrogens with two attached hydrogens (primary N) is 1. The number of morpholine rings is 1. The number of pyridine rings is 1. The van der Waals surface area contributed by atoms with Crippen LogP contribution in [0.25, 0.3) is 11.9 Å². The average Bonchev–Trinajstić information content (AvgIpc) is 3.59. The van der Waals surface area contributed by atoms with Crippen molar-refractivity contribution in [3.05, 3.63) is 64.7 Å². The second-order valence-electron chi connectivity index (χ2n) is 10.7. The highest BCUT2D eigenvalue weighted by Gasteiger charge is 2.66. The zero-order valence-corrected chi connectivity index (χ0v) is 22.1. The first-order chi connectivity index (χ1) is 17.6. The van der Waals surface area contributed by atoms with E-state index in [4.69, 9.17) is 20.7 Å². The lowest BCUT2D eigenvalue weighted by Crippen LogP contribution is -2.49. The number of fused-ring (bicyclic) bond motifs is 1. The lowest BCUT2D eigenvalue weighted by Gasteiger charge is -2.40. The molecule has 2 N–H and O–H groups in total. The van der Waals surface area contributed by atoms with E-state index in [2.05, 4.69) is 23.7 Å². The molecule has 2 fully saturated rings. The van der Waals surface area contributed by atoms with Crippen molar-refractivity contribution in [1.82, 2.24) is 9.88 Å². The molecule has 6 nitrogen and oxygen atoms in total. The molecule has 0 radical (unpaired) electrons. The predicted octanol–water partition coefficient (Wildman–Crippen LogP) is 4.95. The first kappa shape index (κ1) is 25.8. The molecule has 1 saturated carbocycles. The van der Waals surface area contributed by atoms with Gasteiger partial charge >= 0.3 is 0 Å². The van der Waals surface area contributed by atoms with Gasteiger partial charge in [0, 0.05) is 42.1 Å². The average molecular weight is 524 g/mol. The summed E-state index contributed by atoms with van der Waals surface area (Å²) in [5, 5.41) is 9.39. The van der Waals surface area contributed by atoms with Crippen LogP contribution in [0.15, 0.2) is 41.5 Å². The van der Waals surface area contributed by atoms with Crippen LogP contribution in [0, 0.1) is 29.0 Å². The van der Waals surface area contributed by atoms with Crippen LogP contribution in [0.5, 0.6) is 0 Å². The van der Waals surface area contributed by atoms with Crippen LogP contribution in [-0.4, -0.2) is 52.1 Å². The van der Waals surface area contributed by atoms with E-state index in [-0.39, 0.29) is 28.3 Å². The molecule has 194 valence electrons. The number of nitriles is 1. The van der Waals surface area contributed by atoms with E-state index in [9.17, 15) is 4.39 Å². The molecule has 1 aromatic carbocycles. The third-order valence-electron chi connectivity index (χ3n) is 7.73. The van der Waals surface area contributed by atoms with E-state index >= 15 is 4.39 Å². The van der Waals surface area contributed by atoms with E-state index in [0.717, 1.165) is 26.1 Å². The van der Waals surface area contributed by atoms with Crippen molar-refractivity contribution >= 4 is 28.8 Å². The Hall–Kier alpha value is -2.80. The number of amidine groups is 1. The molecule has 9 heteroatoms. The van der Waals surface area contributed by atoms with Crippen molar-refractivity contribution in [3.63, 3.8) is 0 Å². The Morgan fingerprint density at radius 3 is 2.89 bits per heavy atom. The standard InChI is InChI=1S/C28H31F2N5OS/c1-17(2)24-15-35(8-9-36-24)16-28-12-25(28)27(3,34-26(32)37-28)20-10-18(4-6-21(20)29)11-22(30)23-7-5-19(13-31)14-33-23/h4-7,10-11,14,17,24-25H,8-9,12,15-16H2,1-3H3,(H2,32,34)/b22-11-/t24-,25+,27-,28-/m1/s1. The summed E-state index contributed by atoms with van der Waals surface area (Å²) in [7, 11) is 0. The van der Waals surface area contributed by atoms with Crippen molar-refractivity contribution in [1.29, 1.82) is 5.26 Å². The zero-order chi connectivity index (χ0) is 26.4. The zero-order valence-electron chi connectivity index (χ0n) is 21.2. The van der Waals surface area contributed by atoms with Gasteiger partial charge in [0.15, 0.2) is 5.17 Å². The maximum absolute atomic E-state index is 15.3. The summed E-state index contributed by atoms with van der Waals surface area (Å²) in [5.74, 6) is -0.401. The molecule has 4 atom stereocenters. The van der Waals surface area contributed by atoms with Crippen LogP contribution < -0.4 is 5.73 Å². The fraction of sp³-hybridized carbons (Fsp3) is 0.464. The summed E-state index contributed by atoms with van der Waals surface area (Å²) in [4.78, 5) is 11.2. The van der Waals surface area contributed by atoms with E-state index in [1.54, 1.807) is 17.8 Å². The number of thioether (sulfide) groups is 1. The molecule has 3 heterocycles. The highest BCUT2D eigenvalue weighted by molar-refractivity contribution is 8.15. The number of nitrogens with zero attached hydrogens (tertiary/aromatic N) is 4. The van der Waals surface area contributed by atoms with Crippen LogP contribution in [0.4, 0.5) is 8.78 Å². The van der Waals surface area contributed by atoms with E-state index in [0.29, 0.717) is 34.4 Å². The van der Waals surface area contributed by atoms with Gasteiger partial charge in [0.25, 0.3) is 0 Å². The monoisotopic (exact) mass is 523 g/mol. The topological polar surface area (TPSA) is 87.5 Å². The number of aromatic nitrogens is 1. The minimum atomic E-state index is -0.851. The first-order valence-corrected chi connectivity index (χ1v) is 13.4. The number of hydrogen-bond acceptors (Lipinski definition) is 7. The number of benzene rings is 1. The Kier molecular flexibility index (Phi) is 6.86. The highest BCUT2D eigenvalue weighted by Crippen LogP contribution is 2.66. The van der Waals surface area contributed by atoms with Gasteiger partial charge < -0.3 is 10.5 Å². The summed E-state index contributed by atoms with van der Waals surface area (Å²) in [5.41, 5.74) is 6.88. The fourth-order valence-electron chi connectivity index (χ4n) is 5.60. The summed E-state index contributed by atoms with van der Waals surface area (Å²) in [6.07, 6.45) is 3.73. The van der Waals surface area contributed by atoms with Crippen LogP contribution in [0.1, 0.15) is 49.6 Å². The second kappa shape index (κ2) is 9.82. The van der Waals surface area contributed by atoms with E-state index in [1.165, 1.54) is 36.5 Å². The molecule has 2 aliphatic heterocycles. The molecular formula is C28H31F2N5OS. The molecule has 37 heavy (non-hydrogen) atoms. The molecular weight excluding hydrogens is 492 g/mol. The lowest BCUT2D eigenvalue weighted by molar-refractivity contribution is -0.0510. The molecule has 0 spiro atoms. The Morgan fingerprint density at radius 1 is 1.38 bits per heavy atom. The van der Waals surface area contributed by atoms with Crippen molar-refractivity contribution in [2.24, 2.45) is 22.6 Å². The van der Waals surface area contributed by atoms with Crippen LogP contribution >= 0.6 is 11.8 Å². The van der Waals surface area contributed by atoms with Gasteiger partial charge in [0.05, 0.1) is 29.5 Å². The number of aliphatic imine (C=N–C) groups is 1. The molecule has 1 saturated heterocycles. The smallest absolute Gasteiger partial charge is 0.155 e. The first-order valence-electron chi connectivity index (χ1n) is 12.6. The number of halogens is 2. The van der Waals surface area contributed by atoms with Gasteiger partial charge in [-0.2, -0.15) is 5.26 Å². The van der Waals surface area contributed by atoms with Crippen molar-refractivity contribution in [2.75, 3.05) is 26.2 Å². The molecule has 5 rings (SSSR count). The van der Waals surface area contributed by atoms with Gasteiger partial charge in [-0.3, -0.25) is 14.9 Å². The van der Waals surface area contributed by atoms with Crippen molar-refractivity contribution in [3.8, 4) is 6.07 Å². The largest absolute Gasteiger partial charge is 0.378 e. The molecule has 2 aromatic rings. The molecule has 1 aliphatic carbocycles. The predicted molar refractivity (Wildman–Crippen MR) is 143 cm³/mol. The minimum absolute atomic E-state index is 0.108. The number of rotatable bonds is 6. The molecule has 0 bridgehead atoms. The SMILES string of the molecule is CC(C)[C@H]1CN(C[C@]23C[C@H]2[C@@](C)(c2cc(/C=C(\F)c4ccc(C#N)cn4)ccc2F)N=C(N)S3)CCO1. The van der Waals surface area contributed by atoms with Gasteiger partial charge in [0.1, 0.15) is 17.7 Å².